The van der Waals surface area contributed by atoms with Crippen LogP contribution in [0.2, 0.25) is 0 Å². The molecule has 174 valence electrons. The quantitative estimate of drug-likeness (QED) is 0.313. The molecule has 0 saturated heterocycles. The zero-order valence-electron chi connectivity index (χ0n) is 20.3. The highest BCUT2D eigenvalue weighted by Gasteiger charge is 2.24. The van der Waals surface area contributed by atoms with E-state index < -0.39 is 36.5 Å². The Morgan fingerprint density at radius 2 is 1.39 bits per heavy atom. The van der Waals surface area contributed by atoms with Gasteiger partial charge in [0.25, 0.3) is 0 Å². The molecule has 0 amide bonds. The molecule has 7 heteroatoms. The molecule has 0 saturated carbocycles. The number of rotatable bonds is 7. The van der Waals surface area contributed by atoms with Gasteiger partial charge in [-0.15, -0.1) is 0 Å². The van der Waals surface area contributed by atoms with Gasteiger partial charge >= 0.3 is 11.9 Å². The fourth-order valence-electron chi connectivity index (χ4n) is 2.53. The first kappa shape index (κ1) is 27.0. The van der Waals surface area contributed by atoms with Crippen molar-refractivity contribution in [2.75, 3.05) is 0 Å². The van der Waals surface area contributed by atoms with Gasteiger partial charge in [-0.1, -0.05) is 12.1 Å². The predicted molar refractivity (Wildman–Crippen MR) is 124 cm³/mol. The maximum Gasteiger partial charge on any atom is 0.334 e. The van der Waals surface area contributed by atoms with Gasteiger partial charge in [-0.25, -0.2) is 4.79 Å². The topological polar surface area (TPSA) is 78.9 Å². The fraction of sp³-hybridized carbons (Fsp3) is 0.583. The van der Waals surface area contributed by atoms with Crippen LogP contribution < -0.4 is 10.0 Å². The fourth-order valence-corrected chi connectivity index (χ4v) is 3.90. The maximum absolute atomic E-state index is 13.2. The van der Waals surface area contributed by atoms with E-state index in [9.17, 15) is 14.2 Å². The van der Waals surface area contributed by atoms with Crippen LogP contribution in [0.4, 0.5) is 0 Å². The molecule has 0 aliphatic carbocycles. The monoisotopic (exact) mass is 452 g/mol. The van der Waals surface area contributed by atoms with Crippen molar-refractivity contribution in [1.82, 2.24) is 0 Å². The van der Waals surface area contributed by atoms with Crippen molar-refractivity contribution in [2.24, 2.45) is 0 Å². The summed E-state index contributed by atoms with van der Waals surface area (Å²) in [6.07, 6.45) is 0.0557. The van der Waals surface area contributed by atoms with Gasteiger partial charge in [0.15, 0.2) is 0 Å². The highest BCUT2D eigenvalue weighted by molar-refractivity contribution is 7.57. The lowest BCUT2D eigenvalue weighted by Crippen LogP contribution is -2.26. The first-order valence-electron chi connectivity index (χ1n) is 10.4. The summed E-state index contributed by atoms with van der Waals surface area (Å²) in [5.41, 5.74) is -1.61. The van der Waals surface area contributed by atoms with E-state index in [0.717, 1.165) is 0 Å². The molecule has 0 heterocycles. The minimum Gasteiger partial charge on any atom is -0.487 e. The molecule has 0 aliphatic rings. The van der Waals surface area contributed by atoms with Crippen molar-refractivity contribution in [3.05, 3.63) is 35.7 Å². The lowest BCUT2D eigenvalue weighted by Gasteiger charge is -2.23. The van der Waals surface area contributed by atoms with Crippen molar-refractivity contribution >= 4 is 25.0 Å². The number of carbonyl (C=O) groups excluding carboxylic acids is 2. The SMILES string of the molecule is CC(C)(C)OC(=O)CCC(=C[PH](=O)c1ccccc1OC(C)(C)C)C(=O)OC(C)(C)C. The first-order chi connectivity index (χ1) is 14.0. The molecule has 0 fully saturated rings. The maximum atomic E-state index is 13.2. The molecule has 0 aliphatic heterocycles. The Morgan fingerprint density at radius 1 is 0.839 bits per heavy atom. The Labute approximate surface area is 187 Å². The van der Waals surface area contributed by atoms with Crippen LogP contribution in [-0.4, -0.2) is 28.7 Å². The molecule has 6 nitrogen and oxygen atoms in total. The summed E-state index contributed by atoms with van der Waals surface area (Å²) in [7, 11) is -2.54. The Hall–Kier alpha value is -2.07. The molecule has 31 heavy (non-hydrogen) atoms. The van der Waals surface area contributed by atoms with E-state index >= 15 is 0 Å². The molecule has 0 aromatic heterocycles. The predicted octanol–water partition coefficient (Wildman–Crippen LogP) is 5.40. The summed E-state index contributed by atoms with van der Waals surface area (Å²) in [6.45, 7) is 16.3. The summed E-state index contributed by atoms with van der Waals surface area (Å²) >= 11 is 0. The van der Waals surface area contributed by atoms with Crippen molar-refractivity contribution in [3.8, 4) is 5.75 Å². The summed E-state index contributed by atoms with van der Waals surface area (Å²) in [5, 5.41) is 0.515. The second-order valence-corrected chi connectivity index (χ2v) is 11.9. The molecule has 0 bridgehead atoms. The Kier molecular flexibility index (Phi) is 9.13. The minimum atomic E-state index is -2.54. The second kappa shape index (κ2) is 10.5. The van der Waals surface area contributed by atoms with Crippen molar-refractivity contribution in [2.45, 2.75) is 92.0 Å². The van der Waals surface area contributed by atoms with Crippen LogP contribution in [-0.2, 0) is 23.6 Å². The molecular formula is C24H37O6P. The van der Waals surface area contributed by atoms with Crippen LogP contribution in [0.1, 0.15) is 75.2 Å². The Balaban J connectivity index is 3.19. The zero-order valence-corrected chi connectivity index (χ0v) is 21.3. The lowest BCUT2D eigenvalue weighted by molar-refractivity contribution is -0.154. The standard InChI is InChI=1S/C24H37O6P/c1-22(2,3)28-18-12-10-11-13-19(18)31(27)16-17(21(26)30-24(7,8)9)14-15-20(25)29-23(4,5)6/h10-13,16,31H,14-15H2,1-9H3. The van der Waals surface area contributed by atoms with Crippen LogP contribution in [0.25, 0.3) is 0 Å². The number of benzene rings is 1. The number of para-hydroxylation sites is 1. The lowest BCUT2D eigenvalue weighted by atomic mass is 10.1. The van der Waals surface area contributed by atoms with Gasteiger partial charge in [-0.2, -0.15) is 0 Å². The molecule has 1 atom stereocenters. The first-order valence-corrected chi connectivity index (χ1v) is 11.9. The van der Waals surface area contributed by atoms with Crippen LogP contribution >= 0.6 is 7.80 Å². The number of hydrogen-bond acceptors (Lipinski definition) is 6. The average Bonchev–Trinajstić information content (AvgIpc) is 2.54. The molecule has 1 unspecified atom stereocenters. The van der Waals surface area contributed by atoms with Crippen molar-refractivity contribution < 1.29 is 28.4 Å². The number of esters is 2. The molecule has 0 spiro atoms. The van der Waals surface area contributed by atoms with Crippen LogP contribution in [0.3, 0.4) is 0 Å². The highest BCUT2D eigenvalue weighted by atomic mass is 31.1. The summed E-state index contributed by atoms with van der Waals surface area (Å²) in [6, 6.07) is 7.06. The zero-order chi connectivity index (χ0) is 24.0. The summed E-state index contributed by atoms with van der Waals surface area (Å²) in [4.78, 5) is 24.9. The van der Waals surface area contributed by atoms with Gasteiger partial charge in [0, 0.05) is 12.0 Å². The van der Waals surface area contributed by atoms with Gasteiger partial charge in [-0.3, -0.25) is 4.79 Å². The van der Waals surface area contributed by atoms with Gasteiger partial charge in [0.1, 0.15) is 30.4 Å². The van der Waals surface area contributed by atoms with E-state index in [1.807, 2.05) is 20.8 Å². The Bertz CT molecular complexity index is 835. The average molecular weight is 453 g/mol. The molecule has 0 radical (unpaired) electrons. The van der Waals surface area contributed by atoms with E-state index in [2.05, 4.69) is 0 Å². The minimum absolute atomic E-state index is 0.0162. The van der Waals surface area contributed by atoms with E-state index in [1.54, 1.807) is 65.8 Å². The van der Waals surface area contributed by atoms with E-state index in [1.165, 1.54) is 5.82 Å². The van der Waals surface area contributed by atoms with Gasteiger partial charge in [0.05, 0.1) is 5.30 Å². The van der Waals surface area contributed by atoms with Crippen LogP contribution in [0.15, 0.2) is 35.7 Å². The second-order valence-electron chi connectivity index (χ2n) is 10.3. The molecular weight excluding hydrogens is 415 g/mol. The summed E-state index contributed by atoms with van der Waals surface area (Å²) in [5.74, 6) is 0.890. The van der Waals surface area contributed by atoms with E-state index in [-0.39, 0.29) is 18.4 Å². The number of ether oxygens (including phenoxy) is 3. The molecule has 1 rings (SSSR count). The normalized spacial score (nSPS) is 14.0. The van der Waals surface area contributed by atoms with Crippen LogP contribution in [0.5, 0.6) is 5.75 Å². The van der Waals surface area contributed by atoms with Gasteiger partial charge < -0.3 is 18.8 Å². The summed E-state index contributed by atoms with van der Waals surface area (Å²) < 4.78 is 29.9. The van der Waals surface area contributed by atoms with Gasteiger partial charge in [0.2, 0.25) is 0 Å². The Morgan fingerprint density at radius 3 is 1.90 bits per heavy atom. The van der Waals surface area contributed by atoms with Crippen molar-refractivity contribution in [1.29, 1.82) is 0 Å². The van der Waals surface area contributed by atoms with E-state index in [0.29, 0.717) is 11.1 Å². The molecule has 0 N–H and O–H groups in total. The molecule has 1 aromatic carbocycles. The smallest absolute Gasteiger partial charge is 0.334 e. The molecule has 1 aromatic rings. The van der Waals surface area contributed by atoms with Gasteiger partial charge in [-0.05, 0) is 86.7 Å². The van der Waals surface area contributed by atoms with E-state index in [4.69, 9.17) is 14.2 Å². The third kappa shape index (κ3) is 11.2. The third-order valence-corrected chi connectivity index (χ3v) is 5.11. The third-order valence-electron chi connectivity index (χ3n) is 3.55. The largest absolute Gasteiger partial charge is 0.487 e. The highest BCUT2D eigenvalue weighted by Crippen LogP contribution is 2.32. The van der Waals surface area contributed by atoms with Crippen LogP contribution in [0, 0.1) is 0 Å². The van der Waals surface area contributed by atoms with Crippen molar-refractivity contribution in [3.63, 3.8) is 0 Å². The number of hydrogen-bond donors (Lipinski definition) is 0. The number of carbonyl (C=O) groups is 2.